The largest absolute Gasteiger partial charge is 0.359 e. The summed E-state index contributed by atoms with van der Waals surface area (Å²) in [5, 5.41) is 10.6. The molecule has 0 unspecified atom stereocenters. The van der Waals surface area contributed by atoms with E-state index < -0.39 is 0 Å². The SMILES string of the molecule is CN=C(NCCc1ccc(Br)s1)NCc1cc(C(C)C)no1.I. The fourth-order valence-electron chi connectivity index (χ4n) is 1.87. The number of hydrogen-bond acceptors (Lipinski definition) is 4. The number of rotatable bonds is 6. The molecule has 0 fully saturated rings. The second-order valence-electron chi connectivity index (χ2n) is 5.18. The second kappa shape index (κ2) is 10.3. The Kier molecular flexibility index (Phi) is 9.15. The summed E-state index contributed by atoms with van der Waals surface area (Å²) in [7, 11) is 1.76. The quantitative estimate of drug-likeness (QED) is 0.347. The Morgan fingerprint density at radius 2 is 2.17 bits per heavy atom. The van der Waals surface area contributed by atoms with Gasteiger partial charge < -0.3 is 15.2 Å². The molecule has 0 radical (unpaired) electrons. The summed E-state index contributed by atoms with van der Waals surface area (Å²) in [6.07, 6.45) is 0.969. The molecule has 0 aliphatic rings. The van der Waals surface area contributed by atoms with Gasteiger partial charge in [0.25, 0.3) is 0 Å². The van der Waals surface area contributed by atoms with E-state index in [-0.39, 0.29) is 24.0 Å². The van der Waals surface area contributed by atoms with Crippen LogP contribution in [0.15, 0.2) is 31.5 Å². The highest BCUT2D eigenvalue weighted by molar-refractivity contribution is 14.0. The Labute approximate surface area is 166 Å². The standard InChI is InChI=1S/C15H21BrN4OS.HI/c1-10(2)13-8-11(21-20-13)9-19-15(17-3)18-7-6-12-4-5-14(16)22-12;/h4-5,8,10H,6-7,9H2,1-3H3,(H2,17,18,19);1H. The number of aromatic nitrogens is 1. The number of nitrogens with zero attached hydrogens (tertiary/aromatic N) is 2. The van der Waals surface area contributed by atoms with E-state index in [0.29, 0.717) is 12.5 Å². The molecular formula is C15H22BrIN4OS. The molecule has 5 nitrogen and oxygen atoms in total. The molecule has 0 saturated heterocycles. The predicted molar refractivity (Wildman–Crippen MR) is 110 cm³/mol. The summed E-state index contributed by atoms with van der Waals surface area (Å²) in [6.45, 7) is 5.60. The molecule has 2 heterocycles. The van der Waals surface area contributed by atoms with Crippen molar-refractivity contribution in [1.29, 1.82) is 0 Å². The second-order valence-corrected chi connectivity index (χ2v) is 7.73. The normalized spacial score (nSPS) is 11.4. The number of halogens is 2. The van der Waals surface area contributed by atoms with Gasteiger partial charge in [0.2, 0.25) is 0 Å². The Hall–Kier alpha value is -0.610. The number of guanidine groups is 1. The number of hydrogen-bond donors (Lipinski definition) is 2. The van der Waals surface area contributed by atoms with Crippen LogP contribution in [0.25, 0.3) is 0 Å². The topological polar surface area (TPSA) is 62.5 Å². The van der Waals surface area contributed by atoms with Crippen molar-refractivity contribution in [1.82, 2.24) is 15.8 Å². The summed E-state index contributed by atoms with van der Waals surface area (Å²) in [4.78, 5) is 5.55. The lowest BCUT2D eigenvalue weighted by Gasteiger charge is -2.09. The van der Waals surface area contributed by atoms with Crippen LogP contribution in [0.1, 0.15) is 36.1 Å². The summed E-state index contributed by atoms with van der Waals surface area (Å²) >= 11 is 5.23. The molecule has 2 aromatic rings. The summed E-state index contributed by atoms with van der Waals surface area (Å²) in [5.41, 5.74) is 0.975. The van der Waals surface area contributed by atoms with E-state index in [9.17, 15) is 0 Å². The molecule has 0 spiro atoms. The van der Waals surface area contributed by atoms with Crippen molar-refractivity contribution in [2.45, 2.75) is 32.7 Å². The van der Waals surface area contributed by atoms with Gasteiger partial charge in [0.1, 0.15) is 0 Å². The zero-order valence-corrected chi connectivity index (χ0v) is 18.2. The van der Waals surface area contributed by atoms with Crippen LogP contribution in [0.3, 0.4) is 0 Å². The van der Waals surface area contributed by atoms with Crippen LogP contribution >= 0.6 is 51.2 Å². The smallest absolute Gasteiger partial charge is 0.191 e. The maximum absolute atomic E-state index is 5.30. The van der Waals surface area contributed by atoms with Crippen LogP contribution in [0.2, 0.25) is 0 Å². The van der Waals surface area contributed by atoms with Crippen LogP contribution in [-0.4, -0.2) is 24.7 Å². The van der Waals surface area contributed by atoms with E-state index in [4.69, 9.17) is 4.52 Å². The Morgan fingerprint density at radius 1 is 1.39 bits per heavy atom. The van der Waals surface area contributed by atoms with Crippen molar-refractivity contribution in [3.63, 3.8) is 0 Å². The summed E-state index contributed by atoms with van der Waals surface area (Å²) in [5.74, 6) is 1.95. The highest BCUT2D eigenvalue weighted by Crippen LogP contribution is 2.22. The van der Waals surface area contributed by atoms with Crippen molar-refractivity contribution in [3.8, 4) is 0 Å². The Morgan fingerprint density at radius 3 is 2.74 bits per heavy atom. The molecule has 0 aliphatic carbocycles. The lowest BCUT2D eigenvalue weighted by atomic mass is 10.1. The molecule has 0 atom stereocenters. The van der Waals surface area contributed by atoms with E-state index in [1.54, 1.807) is 18.4 Å². The molecule has 128 valence electrons. The van der Waals surface area contributed by atoms with Crippen LogP contribution in [0.5, 0.6) is 0 Å². The Bertz CT molecular complexity index is 627. The average Bonchev–Trinajstić information content (AvgIpc) is 3.11. The summed E-state index contributed by atoms with van der Waals surface area (Å²) in [6, 6.07) is 6.19. The zero-order valence-electron chi connectivity index (χ0n) is 13.4. The van der Waals surface area contributed by atoms with E-state index in [2.05, 4.69) is 62.7 Å². The first-order chi connectivity index (χ1) is 10.6. The molecule has 0 saturated carbocycles. The molecule has 2 rings (SSSR count). The maximum Gasteiger partial charge on any atom is 0.191 e. The molecular weight excluding hydrogens is 491 g/mol. The molecule has 0 aliphatic heterocycles. The van der Waals surface area contributed by atoms with Crippen molar-refractivity contribution < 1.29 is 4.52 Å². The fraction of sp³-hybridized carbons (Fsp3) is 0.467. The number of thiophene rings is 1. The molecule has 0 bridgehead atoms. The van der Waals surface area contributed by atoms with Crippen LogP contribution in [0.4, 0.5) is 0 Å². The molecule has 8 heteroatoms. The van der Waals surface area contributed by atoms with E-state index >= 15 is 0 Å². The molecule has 2 N–H and O–H groups in total. The number of nitrogens with one attached hydrogen (secondary N) is 2. The van der Waals surface area contributed by atoms with Crippen LogP contribution < -0.4 is 10.6 Å². The average molecular weight is 513 g/mol. The maximum atomic E-state index is 5.30. The van der Waals surface area contributed by atoms with E-state index in [0.717, 1.165) is 34.2 Å². The van der Waals surface area contributed by atoms with Gasteiger partial charge in [-0.2, -0.15) is 0 Å². The lowest BCUT2D eigenvalue weighted by molar-refractivity contribution is 0.372. The van der Waals surface area contributed by atoms with Gasteiger partial charge >= 0.3 is 0 Å². The van der Waals surface area contributed by atoms with Crippen LogP contribution in [-0.2, 0) is 13.0 Å². The van der Waals surface area contributed by atoms with Gasteiger partial charge in [0.05, 0.1) is 16.0 Å². The monoisotopic (exact) mass is 512 g/mol. The van der Waals surface area contributed by atoms with Crippen molar-refractivity contribution in [3.05, 3.63) is 38.3 Å². The third-order valence-electron chi connectivity index (χ3n) is 3.12. The van der Waals surface area contributed by atoms with Crippen molar-refractivity contribution >= 4 is 57.2 Å². The lowest BCUT2D eigenvalue weighted by Crippen LogP contribution is -2.37. The van der Waals surface area contributed by atoms with Gasteiger partial charge in [-0.3, -0.25) is 4.99 Å². The molecule has 0 amide bonds. The predicted octanol–water partition coefficient (Wildman–Crippen LogP) is 4.15. The first kappa shape index (κ1) is 20.4. The number of aliphatic imine (C=N–C) groups is 1. The third-order valence-corrected chi connectivity index (χ3v) is 4.80. The van der Waals surface area contributed by atoms with Gasteiger partial charge in [-0.15, -0.1) is 35.3 Å². The third kappa shape index (κ3) is 6.80. The first-order valence-electron chi connectivity index (χ1n) is 7.22. The highest BCUT2D eigenvalue weighted by Gasteiger charge is 2.08. The van der Waals surface area contributed by atoms with Gasteiger partial charge in [-0.05, 0) is 40.4 Å². The Balaban J connectivity index is 0.00000264. The minimum Gasteiger partial charge on any atom is -0.359 e. The zero-order chi connectivity index (χ0) is 15.9. The summed E-state index contributed by atoms with van der Waals surface area (Å²) < 4.78 is 6.46. The van der Waals surface area contributed by atoms with E-state index in [1.807, 2.05) is 6.07 Å². The van der Waals surface area contributed by atoms with Gasteiger partial charge in [-0.1, -0.05) is 19.0 Å². The van der Waals surface area contributed by atoms with Crippen LogP contribution in [0, 0.1) is 0 Å². The molecule has 23 heavy (non-hydrogen) atoms. The molecule has 0 aromatic carbocycles. The highest BCUT2D eigenvalue weighted by atomic mass is 127. The van der Waals surface area contributed by atoms with Gasteiger partial charge in [0.15, 0.2) is 11.7 Å². The van der Waals surface area contributed by atoms with Crippen molar-refractivity contribution in [2.75, 3.05) is 13.6 Å². The van der Waals surface area contributed by atoms with Gasteiger partial charge in [0, 0.05) is 24.5 Å². The minimum absolute atomic E-state index is 0. The molecule has 2 aromatic heterocycles. The van der Waals surface area contributed by atoms with Gasteiger partial charge in [-0.25, -0.2) is 0 Å². The van der Waals surface area contributed by atoms with E-state index in [1.165, 1.54) is 4.88 Å². The fourth-order valence-corrected chi connectivity index (χ4v) is 3.35. The minimum atomic E-state index is 0. The first-order valence-corrected chi connectivity index (χ1v) is 8.83. The van der Waals surface area contributed by atoms with Crippen molar-refractivity contribution in [2.24, 2.45) is 4.99 Å².